The van der Waals surface area contributed by atoms with Gasteiger partial charge in [0, 0.05) is 49.3 Å². The number of aryl methyl sites for hydroxylation is 2. The minimum atomic E-state index is -0.669. The van der Waals surface area contributed by atoms with Gasteiger partial charge in [0.25, 0.3) is 11.8 Å². The van der Waals surface area contributed by atoms with Crippen molar-refractivity contribution < 1.29 is 14.4 Å². The summed E-state index contributed by atoms with van der Waals surface area (Å²) in [6, 6.07) is 2.08. The summed E-state index contributed by atoms with van der Waals surface area (Å²) in [5.74, 6) is 0.880. The molecule has 2 saturated heterocycles. The van der Waals surface area contributed by atoms with Crippen LogP contribution in [0.4, 0.5) is 9.80 Å². The van der Waals surface area contributed by atoms with Gasteiger partial charge in [-0.2, -0.15) is 0 Å². The van der Waals surface area contributed by atoms with Crippen molar-refractivity contribution in [2.24, 2.45) is 4.99 Å². The van der Waals surface area contributed by atoms with Gasteiger partial charge in [-0.1, -0.05) is 11.3 Å². The summed E-state index contributed by atoms with van der Waals surface area (Å²) in [6.07, 6.45) is 3.41. The number of anilines is 1. The summed E-state index contributed by atoms with van der Waals surface area (Å²) in [5.41, 5.74) is 1.77. The van der Waals surface area contributed by atoms with Gasteiger partial charge in [0.1, 0.15) is 15.7 Å². The second-order valence-electron chi connectivity index (χ2n) is 11.6. The van der Waals surface area contributed by atoms with Gasteiger partial charge < -0.3 is 10.2 Å². The molecule has 10 nitrogen and oxygen atoms in total. The van der Waals surface area contributed by atoms with E-state index < -0.39 is 5.54 Å². The molecule has 1 unspecified atom stereocenters. The van der Waals surface area contributed by atoms with E-state index in [4.69, 9.17) is 9.98 Å². The van der Waals surface area contributed by atoms with Gasteiger partial charge in [0.05, 0.1) is 5.56 Å². The molecule has 2 aromatic heterocycles. The second-order valence-corrected chi connectivity index (χ2v) is 12.6. The zero-order chi connectivity index (χ0) is 28.8. The Morgan fingerprint density at radius 3 is 2.55 bits per heavy atom. The highest BCUT2D eigenvalue weighted by Crippen LogP contribution is 2.38. The lowest BCUT2D eigenvalue weighted by molar-refractivity contribution is -0.134. The van der Waals surface area contributed by atoms with Gasteiger partial charge in [-0.05, 0) is 85.4 Å². The first kappa shape index (κ1) is 28.5. The number of carbonyl (C=O) groups excluding carboxylic acids is 3. The van der Waals surface area contributed by atoms with Gasteiger partial charge in [-0.15, -0.1) is 0 Å². The van der Waals surface area contributed by atoms with Crippen LogP contribution in [0.5, 0.6) is 0 Å². The number of nitrogens with zero attached hydrogens (tertiary/aromatic N) is 5. The van der Waals surface area contributed by atoms with Gasteiger partial charge in [0.2, 0.25) is 0 Å². The number of piperidine rings is 2. The lowest BCUT2D eigenvalue weighted by Crippen LogP contribution is -2.58. The first-order chi connectivity index (χ1) is 19.0. The summed E-state index contributed by atoms with van der Waals surface area (Å²) in [6.45, 7) is 15.1. The van der Waals surface area contributed by atoms with Crippen molar-refractivity contribution >= 4 is 50.2 Å². The molecule has 0 aliphatic carbocycles. The number of aromatic nitrogens is 1. The van der Waals surface area contributed by atoms with E-state index in [0.29, 0.717) is 42.8 Å². The number of amides is 4. The topological polar surface area (TPSA) is 110 Å². The van der Waals surface area contributed by atoms with Gasteiger partial charge in [-0.3, -0.25) is 29.7 Å². The van der Waals surface area contributed by atoms with E-state index in [2.05, 4.69) is 15.5 Å². The number of hydrogen-bond donors (Lipinski definition) is 2. The number of hydrogen-bond acceptors (Lipinski definition) is 7. The third-order valence-corrected chi connectivity index (χ3v) is 9.55. The first-order valence-electron chi connectivity index (χ1n) is 14.4. The quantitative estimate of drug-likeness (QED) is 0.564. The highest BCUT2D eigenvalue weighted by Gasteiger charge is 2.51. The molecule has 0 radical (unpaired) electrons. The van der Waals surface area contributed by atoms with Gasteiger partial charge in [-0.25, -0.2) is 9.78 Å². The molecule has 2 aromatic rings. The van der Waals surface area contributed by atoms with Crippen LogP contribution in [0.25, 0.3) is 10.2 Å². The molecular weight excluding hydrogens is 526 g/mol. The van der Waals surface area contributed by atoms with Crippen LogP contribution in [0.2, 0.25) is 0 Å². The van der Waals surface area contributed by atoms with Crippen LogP contribution in [0.1, 0.15) is 75.0 Å². The Labute approximate surface area is 240 Å². The summed E-state index contributed by atoms with van der Waals surface area (Å²) in [4.78, 5) is 56.3. The Hall–Kier alpha value is -3.05. The maximum atomic E-state index is 13.9. The summed E-state index contributed by atoms with van der Waals surface area (Å²) >= 11 is 1.34. The number of rotatable bonds is 5. The Bertz CT molecular complexity index is 1360. The van der Waals surface area contributed by atoms with Crippen LogP contribution in [0.15, 0.2) is 11.1 Å². The van der Waals surface area contributed by atoms with E-state index in [1.165, 1.54) is 11.3 Å². The zero-order valence-corrected chi connectivity index (χ0v) is 25.3. The monoisotopic (exact) mass is 567 g/mol. The highest BCUT2D eigenvalue weighted by molar-refractivity contribution is 7.23. The van der Waals surface area contributed by atoms with E-state index in [9.17, 15) is 14.4 Å². The second kappa shape index (κ2) is 11.1. The fraction of sp³-hybridized carbons (Fsp3) is 0.621. The number of pyridine rings is 1. The molecule has 1 spiro atoms. The van der Waals surface area contributed by atoms with Crippen molar-refractivity contribution in [1.82, 2.24) is 25.0 Å². The van der Waals surface area contributed by atoms with E-state index >= 15 is 0 Å². The predicted octanol–water partition coefficient (Wildman–Crippen LogP) is 4.16. The summed E-state index contributed by atoms with van der Waals surface area (Å²) in [7, 11) is 0. The van der Waals surface area contributed by atoms with Crippen LogP contribution in [0.3, 0.4) is 0 Å². The molecule has 0 aromatic carbocycles. The van der Waals surface area contributed by atoms with E-state index in [1.54, 1.807) is 0 Å². The molecule has 2 N–H and O–H groups in total. The van der Waals surface area contributed by atoms with Crippen molar-refractivity contribution in [1.29, 1.82) is 0 Å². The third-order valence-electron chi connectivity index (χ3n) is 8.53. The molecule has 3 aliphatic heterocycles. The molecule has 11 heteroatoms. The molecule has 40 heavy (non-hydrogen) atoms. The average molecular weight is 568 g/mol. The zero-order valence-electron chi connectivity index (χ0n) is 24.5. The Morgan fingerprint density at radius 1 is 1.18 bits per heavy atom. The number of aliphatic imine (C=N–C) groups is 1. The van der Waals surface area contributed by atoms with Crippen LogP contribution in [-0.2, 0) is 4.79 Å². The van der Waals surface area contributed by atoms with Crippen LogP contribution >= 0.6 is 11.3 Å². The summed E-state index contributed by atoms with van der Waals surface area (Å²) in [5, 5.41) is 6.96. The lowest BCUT2D eigenvalue weighted by atomic mass is 9.87. The Morgan fingerprint density at radius 2 is 1.90 bits per heavy atom. The highest BCUT2D eigenvalue weighted by atomic mass is 32.1. The number of urea groups is 1. The molecule has 5 heterocycles. The number of nitrogens with one attached hydrogen (secondary N) is 2. The van der Waals surface area contributed by atoms with E-state index in [1.807, 2.05) is 57.4 Å². The molecule has 5 rings (SSSR count). The molecule has 2 fully saturated rings. The minimum absolute atomic E-state index is 0.0737. The van der Waals surface area contributed by atoms with Crippen molar-refractivity contribution in [2.75, 3.05) is 38.0 Å². The van der Waals surface area contributed by atoms with Gasteiger partial charge >= 0.3 is 6.03 Å². The molecule has 216 valence electrons. The third kappa shape index (κ3) is 5.09. The Kier molecular flexibility index (Phi) is 7.89. The molecule has 0 saturated carbocycles. The molecule has 3 aliphatic rings. The molecule has 1 atom stereocenters. The SMILES string of the molecule is CCNC(=O)Nc1sc2nc(C)c(C)cc2c1C(=O)N1CCC(N2CCCC3(C2)N=C(C)N(C(C)C)C3=O)CC1. The van der Waals surface area contributed by atoms with E-state index in [0.717, 1.165) is 59.5 Å². The van der Waals surface area contributed by atoms with Crippen molar-refractivity contribution in [2.45, 2.75) is 84.8 Å². The van der Waals surface area contributed by atoms with Crippen LogP contribution in [0, 0.1) is 13.8 Å². The number of amidine groups is 1. The van der Waals surface area contributed by atoms with Gasteiger partial charge in [0.15, 0.2) is 5.54 Å². The number of likely N-dealkylation sites (tertiary alicyclic amines) is 2. The number of carbonyl (C=O) groups is 3. The van der Waals surface area contributed by atoms with Crippen LogP contribution < -0.4 is 10.6 Å². The standard InChI is InChI=1S/C29H41N7O3S/c1-7-30-28(39)32-25-23(22-15-18(4)19(5)31-24(22)40-25)26(37)34-13-9-21(10-14-34)35-12-8-11-29(16-35)27(38)36(17(2)3)20(6)33-29/h15,17,21H,7-14,16H2,1-6H3,(H2,30,32,39). The predicted molar refractivity (Wildman–Crippen MR) is 159 cm³/mol. The molecular formula is C29H41N7O3S. The maximum Gasteiger partial charge on any atom is 0.319 e. The van der Waals surface area contributed by atoms with Crippen molar-refractivity contribution in [3.05, 3.63) is 22.9 Å². The minimum Gasteiger partial charge on any atom is -0.338 e. The Balaban J connectivity index is 1.32. The normalized spacial score (nSPS) is 22.5. The van der Waals surface area contributed by atoms with Crippen molar-refractivity contribution in [3.63, 3.8) is 0 Å². The summed E-state index contributed by atoms with van der Waals surface area (Å²) < 4.78 is 0. The molecule has 4 amide bonds. The average Bonchev–Trinajstić information content (AvgIpc) is 3.36. The smallest absolute Gasteiger partial charge is 0.319 e. The number of thiophene rings is 1. The fourth-order valence-corrected chi connectivity index (χ4v) is 7.54. The van der Waals surface area contributed by atoms with Crippen molar-refractivity contribution in [3.8, 4) is 0 Å². The first-order valence-corrected chi connectivity index (χ1v) is 15.2. The van der Waals surface area contributed by atoms with E-state index in [-0.39, 0.29) is 23.9 Å². The number of fused-ring (bicyclic) bond motifs is 1. The lowest BCUT2D eigenvalue weighted by Gasteiger charge is -2.44. The fourth-order valence-electron chi connectivity index (χ4n) is 6.45. The van der Waals surface area contributed by atoms with Crippen LogP contribution in [-0.4, -0.2) is 93.7 Å². The maximum absolute atomic E-state index is 13.9. The largest absolute Gasteiger partial charge is 0.338 e. The molecule has 0 bridgehead atoms.